The monoisotopic (exact) mass is 380 g/mol. The lowest BCUT2D eigenvalue weighted by atomic mass is 9.85. The second kappa shape index (κ2) is 8.59. The van der Waals surface area contributed by atoms with E-state index in [9.17, 15) is 14.4 Å². The Bertz CT molecular complexity index is 686. The van der Waals surface area contributed by atoms with Crippen molar-refractivity contribution in [2.45, 2.75) is 39.2 Å². The number of fused-ring (bicyclic) bond motifs is 1. The third-order valence-corrected chi connectivity index (χ3v) is 5.62. The Morgan fingerprint density at radius 1 is 1.35 bits per heavy atom. The molecular formula is C17H24N4O4S. The molecule has 26 heavy (non-hydrogen) atoms. The smallest absolute Gasteiger partial charge is 0.325 e. The molecule has 0 radical (unpaired) electrons. The van der Waals surface area contributed by atoms with Crippen LogP contribution in [0.5, 0.6) is 0 Å². The first kappa shape index (κ1) is 18.8. The lowest BCUT2D eigenvalue weighted by molar-refractivity contribution is -0.143. The van der Waals surface area contributed by atoms with Gasteiger partial charge in [-0.15, -0.1) is 11.3 Å². The van der Waals surface area contributed by atoms with Crippen molar-refractivity contribution in [2.24, 2.45) is 5.92 Å². The predicted octanol–water partition coefficient (Wildman–Crippen LogP) is 0.919. The fourth-order valence-corrected chi connectivity index (χ4v) is 4.01. The van der Waals surface area contributed by atoms with Crippen molar-refractivity contribution in [3.8, 4) is 0 Å². The number of aromatic nitrogens is 1. The zero-order chi connectivity index (χ0) is 18.5. The fourth-order valence-electron chi connectivity index (χ4n) is 2.96. The Kier molecular flexibility index (Phi) is 6.20. The Hall–Kier alpha value is -2.00. The Balaban J connectivity index is 1.47. The van der Waals surface area contributed by atoms with E-state index in [1.165, 1.54) is 11.3 Å². The summed E-state index contributed by atoms with van der Waals surface area (Å²) in [6, 6.07) is 0. The summed E-state index contributed by atoms with van der Waals surface area (Å²) in [4.78, 5) is 42.9. The number of hydrogen-bond donors (Lipinski definition) is 2. The minimum Gasteiger partial charge on any atom is -0.465 e. The van der Waals surface area contributed by atoms with Crippen LogP contribution in [0.3, 0.4) is 0 Å². The zero-order valence-electron chi connectivity index (χ0n) is 14.9. The van der Waals surface area contributed by atoms with Gasteiger partial charge in [-0.25, -0.2) is 4.98 Å². The maximum Gasteiger partial charge on any atom is 0.325 e. The Morgan fingerprint density at radius 2 is 2.15 bits per heavy atom. The molecule has 0 bridgehead atoms. The van der Waals surface area contributed by atoms with E-state index in [4.69, 9.17) is 4.74 Å². The minimum atomic E-state index is -0.434. The molecule has 1 aliphatic carbocycles. The maximum absolute atomic E-state index is 12.0. The van der Waals surface area contributed by atoms with Gasteiger partial charge in [0.05, 0.1) is 18.8 Å². The second-order valence-corrected chi connectivity index (χ2v) is 7.63. The summed E-state index contributed by atoms with van der Waals surface area (Å²) in [5.41, 5.74) is 1.00. The molecule has 8 nitrogen and oxygen atoms in total. The molecule has 0 spiro atoms. The predicted molar refractivity (Wildman–Crippen MR) is 96.7 cm³/mol. The third-order valence-electron chi connectivity index (χ3n) is 4.62. The van der Waals surface area contributed by atoms with Gasteiger partial charge in [0.25, 0.3) is 0 Å². The number of ether oxygens (including phenoxy) is 1. The van der Waals surface area contributed by atoms with E-state index in [1.54, 1.807) is 6.92 Å². The van der Waals surface area contributed by atoms with E-state index < -0.39 is 5.97 Å². The highest BCUT2D eigenvalue weighted by Crippen LogP contribution is 2.31. The van der Waals surface area contributed by atoms with Crippen molar-refractivity contribution in [3.63, 3.8) is 0 Å². The Labute approximate surface area is 156 Å². The number of anilines is 1. The van der Waals surface area contributed by atoms with Crippen molar-refractivity contribution in [1.82, 2.24) is 15.2 Å². The molecule has 1 fully saturated rings. The summed E-state index contributed by atoms with van der Waals surface area (Å²) in [7, 11) is 0. The van der Waals surface area contributed by atoms with Crippen LogP contribution >= 0.6 is 11.3 Å². The van der Waals surface area contributed by atoms with Gasteiger partial charge in [0.15, 0.2) is 5.13 Å². The van der Waals surface area contributed by atoms with Gasteiger partial charge < -0.3 is 15.4 Å². The summed E-state index contributed by atoms with van der Waals surface area (Å²) in [5, 5.41) is 6.14. The van der Waals surface area contributed by atoms with Gasteiger partial charge in [0.2, 0.25) is 11.8 Å². The van der Waals surface area contributed by atoms with Crippen molar-refractivity contribution in [1.29, 1.82) is 0 Å². The second-order valence-electron chi connectivity index (χ2n) is 6.55. The number of nitrogens with one attached hydrogen (secondary N) is 2. The number of nitrogens with zero attached hydrogens (tertiary/aromatic N) is 2. The van der Waals surface area contributed by atoms with Crippen LogP contribution in [0.1, 0.15) is 36.8 Å². The number of hydrogen-bond acceptors (Lipinski definition) is 7. The topological polar surface area (TPSA) is 101 Å². The van der Waals surface area contributed by atoms with E-state index in [0.29, 0.717) is 18.3 Å². The number of amides is 2. The van der Waals surface area contributed by atoms with E-state index in [-0.39, 0.29) is 30.8 Å². The first-order chi connectivity index (χ1) is 12.5. The lowest BCUT2D eigenvalue weighted by Gasteiger charge is -2.24. The van der Waals surface area contributed by atoms with Gasteiger partial charge in [-0.1, -0.05) is 6.42 Å². The Morgan fingerprint density at radius 3 is 2.85 bits per heavy atom. The molecule has 0 aromatic carbocycles. The molecule has 0 unspecified atom stereocenters. The minimum absolute atomic E-state index is 0.0672. The quantitative estimate of drug-likeness (QED) is 0.682. The van der Waals surface area contributed by atoms with Crippen molar-refractivity contribution in [3.05, 3.63) is 10.6 Å². The first-order valence-electron chi connectivity index (χ1n) is 8.99. The van der Waals surface area contributed by atoms with E-state index >= 15 is 0 Å². The number of carbonyl (C=O) groups excluding carboxylic acids is 3. The van der Waals surface area contributed by atoms with Crippen LogP contribution in [0.2, 0.25) is 0 Å². The summed E-state index contributed by atoms with van der Waals surface area (Å²) in [6.45, 7) is 3.49. The van der Waals surface area contributed by atoms with Gasteiger partial charge in [-0.05, 0) is 19.8 Å². The molecule has 3 rings (SSSR count). The molecule has 9 heteroatoms. The van der Waals surface area contributed by atoms with Gasteiger partial charge in [0.1, 0.15) is 6.54 Å². The summed E-state index contributed by atoms with van der Waals surface area (Å²) < 4.78 is 4.78. The highest BCUT2D eigenvalue weighted by Gasteiger charge is 2.27. The largest absolute Gasteiger partial charge is 0.465 e. The molecule has 1 saturated carbocycles. The van der Waals surface area contributed by atoms with Gasteiger partial charge in [0, 0.05) is 30.3 Å². The van der Waals surface area contributed by atoms with Crippen LogP contribution in [0.25, 0.3) is 0 Å². The summed E-state index contributed by atoms with van der Waals surface area (Å²) >= 11 is 1.48. The molecular weight excluding hydrogens is 356 g/mol. The first-order valence-corrected chi connectivity index (χ1v) is 9.81. The van der Waals surface area contributed by atoms with Crippen LogP contribution in [0.4, 0.5) is 5.13 Å². The number of rotatable bonds is 7. The molecule has 142 valence electrons. The molecule has 2 amide bonds. The highest BCUT2D eigenvalue weighted by molar-refractivity contribution is 7.15. The number of carbonyl (C=O) groups is 3. The van der Waals surface area contributed by atoms with Crippen LogP contribution in [-0.2, 0) is 32.1 Å². The third kappa shape index (κ3) is 4.79. The molecule has 2 heterocycles. The fraction of sp³-hybridized carbons (Fsp3) is 0.647. The molecule has 2 aliphatic rings. The SMILES string of the molecule is CCOC(=O)CNC(=O)CN1CCc2nc(NC(=O)C3CCC3)sc2C1. The van der Waals surface area contributed by atoms with Gasteiger partial charge in [-0.2, -0.15) is 0 Å². The molecule has 1 aliphatic heterocycles. The van der Waals surface area contributed by atoms with Gasteiger partial charge >= 0.3 is 5.97 Å². The number of esters is 1. The maximum atomic E-state index is 12.0. The summed E-state index contributed by atoms with van der Waals surface area (Å²) in [6.07, 6.45) is 3.80. The van der Waals surface area contributed by atoms with Crippen LogP contribution in [-0.4, -0.2) is 53.9 Å². The molecule has 1 aromatic rings. The molecule has 0 atom stereocenters. The van der Waals surface area contributed by atoms with E-state index in [0.717, 1.165) is 42.8 Å². The van der Waals surface area contributed by atoms with Gasteiger partial charge in [-0.3, -0.25) is 19.3 Å². The van der Waals surface area contributed by atoms with E-state index in [2.05, 4.69) is 15.6 Å². The van der Waals surface area contributed by atoms with Crippen LogP contribution < -0.4 is 10.6 Å². The summed E-state index contributed by atoms with van der Waals surface area (Å²) in [5.74, 6) is -0.436. The normalized spacial score (nSPS) is 17.1. The molecule has 2 N–H and O–H groups in total. The van der Waals surface area contributed by atoms with Crippen LogP contribution in [0, 0.1) is 5.92 Å². The standard InChI is InChI=1S/C17H24N4O4S/c1-2-25-15(23)8-18-14(22)10-21-7-6-12-13(9-21)26-17(19-12)20-16(24)11-4-3-5-11/h11H,2-10H2,1H3,(H,18,22)(H,19,20,24). The lowest BCUT2D eigenvalue weighted by Crippen LogP contribution is -2.41. The highest BCUT2D eigenvalue weighted by atomic mass is 32.1. The zero-order valence-corrected chi connectivity index (χ0v) is 15.7. The average Bonchev–Trinajstić information content (AvgIpc) is 2.93. The van der Waals surface area contributed by atoms with E-state index in [1.807, 2.05) is 4.90 Å². The molecule has 1 aromatic heterocycles. The van der Waals surface area contributed by atoms with Crippen molar-refractivity contribution in [2.75, 3.05) is 31.6 Å². The van der Waals surface area contributed by atoms with Crippen molar-refractivity contribution < 1.29 is 19.1 Å². The number of thiazole rings is 1. The average molecular weight is 380 g/mol. The van der Waals surface area contributed by atoms with Crippen LogP contribution in [0.15, 0.2) is 0 Å². The molecule has 0 saturated heterocycles. The van der Waals surface area contributed by atoms with Crippen molar-refractivity contribution >= 4 is 34.3 Å².